The van der Waals surface area contributed by atoms with E-state index >= 15 is 0 Å². The number of nitrogens with one attached hydrogen (secondary N) is 1. The lowest BCUT2D eigenvalue weighted by atomic mass is 9.82. The summed E-state index contributed by atoms with van der Waals surface area (Å²) in [4.78, 5) is 33.7. The average molecular weight is 301 g/mol. The molecule has 114 valence electrons. The summed E-state index contributed by atoms with van der Waals surface area (Å²) in [5.41, 5.74) is 0.327. The third kappa shape index (κ3) is 2.34. The number of allylic oxidation sites excluding steroid dienone is 2. The van der Waals surface area contributed by atoms with Crippen LogP contribution in [0.15, 0.2) is 36.4 Å². The Kier molecular flexibility index (Phi) is 3.40. The quantitative estimate of drug-likeness (QED) is 0.500. The Morgan fingerprint density at radius 3 is 2.23 bits per heavy atom. The highest BCUT2D eigenvalue weighted by Gasteiger charge is 2.48. The van der Waals surface area contributed by atoms with Gasteiger partial charge in [0.2, 0.25) is 5.91 Å². The molecule has 0 aliphatic heterocycles. The summed E-state index contributed by atoms with van der Waals surface area (Å²) < 4.78 is 0. The summed E-state index contributed by atoms with van der Waals surface area (Å²) in [5.74, 6) is -3.31. The van der Waals surface area contributed by atoms with Crippen LogP contribution in [0.2, 0.25) is 0 Å². The number of anilines is 1. The van der Waals surface area contributed by atoms with Gasteiger partial charge in [0.1, 0.15) is 0 Å². The molecule has 1 aromatic rings. The van der Waals surface area contributed by atoms with Gasteiger partial charge in [-0.15, -0.1) is 0 Å². The molecule has 0 spiro atoms. The normalized spacial score (nSPS) is 28.5. The zero-order chi connectivity index (χ0) is 15.9. The van der Waals surface area contributed by atoms with Gasteiger partial charge in [-0.3, -0.25) is 14.9 Å². The van der Waals surface area contributed by atoms with Crippen molar-refractivity contribution in [1.29, 1.82) is 0 Å². The Morgan fingerprint density at radius 1 is 1.09 bits per heavy atom. The first-order valence-corrected chi connectivity index (χ1v) is 6.92. The molecule has 0 unspecified atom stereocenters. The van der Waals surface area contributed by atoms with Crippen LogP contribution in [-0.2, 0) is 9.59 Å². The van der Waals surface area contributed by atoms with Gasteiger partial charge in [-0.1, -0.05) is 12.2 Å². The molecule has 7 nitrogen and oxygen atoms in total. The number of nitro groups is 1. The van der Waals surface area contributed by atoms with E-state index in [1.165, 1.54) is 24.3 Å². The number of carboxylic acid groups (broad SMARTS) is 1. The molecule has 0 saturated heterocycles. The Hall–Kier alpha value is -2.70. The fourth-order valence-corrected chi connectivity index (χ4v) is 3.39. The maximum Gasteiger partial charge on any atom is 0.269 e. The number of non-ortho nitro benzene ring substituents is 1. The largest absolute Gasteiger partial charge is 0.550 e. The van der Waals surface area contributed by atoms with Crippen molar-refractivity contribution in [3.05, 3.63) is 46.5 Å². The maximum absolute atomic E-state index is 12.4. The van der Waals surface area contributed by atoms with E-state index in [2.05, 4.69) is 5.32 Å². The monoisotopic (exact) mass is 301 g/mol. The summed E-state index contributed by atoms with van der Waals surface area (Å²) in [5, 5.41) is 24.5. The van der Waals surface area contributed by atoms with Crippen molar-refractivity contribution in [3.63, 3.8) is 0 Å². The molecule has 1 N–H and O–H groups in total. The van der Waals surface area contributed by atoms with Crippen LogP contribution in [0.25, 0.3) is 0 Å². The molecule has 2 bridgehead atoms. The number of nitro benzene ring substituents is 1. The van der Waals surface area contributed by atoms with E-state index in [1.807, 2.05) is 12.2 Å². The van der Waals surface area contributed by atoms with Crippen molar-refractivity contribution < 1.29 is 19.6 Å². The number of benzene rings is 1. The Labute approximate surface area is 125 Å². The van der Waals surface area contributed by atoms with Crippen molar-refractivity contribution in [2.24, 2.45) is 23.7 Å². The zero-order valence-electron chi connectivity index (χ0n) is 11.5. The highest BCUT2D eigenvalue weighted by molar-refractivity contribution is 5.96. The van der Waals surface area contributed by atoms with Crippen LogP contribution in [0.5, 0.6) is 0 Å². The zero-order valence-corrected chi connectivity index (χ0v) is 11.5. The fraction of sp³-hybridized carbons (Fsp3) is 0.333. The molecule has 3 rings (SSSR count). The molecule has 22 heavy (non-hydrogen) atoms. The van der Waals surface area contributed by atoms with E-state index in [9.17, 15) is 24.8 Å². The first kappa shape index (κ1) is 14.2. The minimum atomic E-state index is -1.21. The summed E-state index contributed by atoms with van der Waals surface area (Å²) in [6.07, 6.45) is 4.36. The Morgan fingerprint density at radius 2 is 1.68 bits per heavy atom. The third-order valence-electron chi connectivity index (χ3n) is 4.38. The summed E-state index contributed by atoms with van der Waals surface area (Å²) in [6, 6.07) is 5.42. The minimum Gasteiger partial charge on any atom is -0.550 e. The summed E-state index contributed by atoms with van der Waals surface area (Å²) in [7, 11) is 0. The van der Waals surface area contributed by atoms with Crippen LogP contribution in [0.4, 0.5) is 11.4 Å². The second-order valence-corrected chi connectivity index (χ2v) is 5.61. The van der Waals surface area contributed by atoms with Crippen LogP contribution in [0, 0.1) is 33.8 Å². The summed E-state index contributed by atoms with van der Waals surface area (Å²) in [6.45, 7) is 0. The number of fused-ring (bicyclic) bond motifs is 2. The number of aliphatic carboxylic acids is 1. The van der Waals surface area contributed by atoms with Crippen LogP contribution in [0.1, 0.15) is 6.42 Å². The molecule has 1 amide bonds. The molecule has 1 fully saturated rings. The molecule has 1 aromatic carbocycles. The van der Waals surface area contributed by atoms with E-state index in [-0.39, 0.29) is 23.4 Å². The van der Waals surface area contributed by atoms with E-state index < -0.39 is 22.7 Å². The predicted octanol–water partition coefficient (Wildman–Crippen LogP) is 0.721. The Bertz CT molecular complexity index is 667. The number of carbonyl (C=O) groups is 2. The number of rotatable bonds is 4. The number of carboxylic acids is 1. The highest BCUT2D eigenvalue weighted by atomic mass is 16.6. The molecule has 0 radical (unpaired) electrons. The lowest BCUT2D eigenvalue weighted by Crippen LogP contribution is -2.42. The molecule has 2 aliphatic carbocycles. The van der Waals surface area contributed by atoms with Gasteiger partial charge in [-0.25, -0.2) is 0 Å². The van der Waals surface area contributed by atoms with E-state index in [0.717, 1.165) is 0 Å². The van der Waals surface area contributed by atoms with Crippen molar-refractivity contribution in [3.8, 4) is 0 Å². The second kappa shape index (κ2) is 5.25. The lowest BCUT2D eigenvalue weighted by Gasteiger charge is -2.27. The van der Waals surface area contributed by atoms with E-state index in [0.29, 0.717) is 12.1 Å². The number of hydrogen-bond donors (Lipinski definition) is 1. The predicted molar refractivity (Wildman–Crippen MR) is 74.5 cm³/mol. The third-order valence-corrected chi connectivity index (χ3v) is 4.38. The van der Waals surface area contributed by atoms with Gasteiger partial charge in [0.15, 0.2) is 0 Å². The van der Waals surface area contributed by atoms with Crippen molar-refractivity contribution in [1.82, 2.24) is 0 Å². The van der Waals surface area contributed by atoms with Gasteiger partial charge >= 0.3 is 0 Å². The SMILES string of the molecule is O=C([O-])[C@@H]1[C@H](C(=O)Nc2ccc([N+](=O)[O-])cc2)[C@H]2C=C[C@H]1C2. The molecular weight excluding hydrogens is 288 g/mol. The first-order valence-electron chi connectivity index (χ1n) is 6.92. The highest BCUT2D eigenvalue weighted by Crippen LogP contribution is 2.48. The molecule has 7 heteroatoms. The molecular formula is C15H13N2O5-. The standard InChI is InChI=1S/C15H14N2O5/c18-14(16-10-3-5-11(6-4-10)17(21)22)12-8-1-2-9(7-8)13(12)15(19)20/h1-6,8-9,12-13H,7H2,(H,16,18)(H,19,20)/p-1/t8-,9-,12+,13-/m0/s1. The van der Waals surface area contributed by atoms with Crippen LogP contribution >= 0.6 is 0 Å². The number of nitrogens with zero attached hydrogens (tertiary/aromatic N) is 1. The fourth-order valence-electron chi connectivity index (χ4n) is 3.39. The van der Waals surface area contributed by atoms with Crippen LogP contribution in [-0.4, -0.2) is 16.8 Å². The molecule has 0 aromatic heterocycles. The second-order valence-electron chi connectivity index (χ2n) is 5.61. The molecule has 2 aliphatic rings. The van der Waals surface area contributed by atoms with Gasteiger partial charge in [0.05, 0.1) is 10.8 Å². The smallest absolute Gasteiger partial charge is 0.269 e. The minimum absolute atomic E-state index is 0.0755. The lowest BCUT2D eigenvalue weighted by molar-refractivity contribution is -0.384. The van der Waals surface area contributed by atoms with Gasteiger partial charge in [-0.2, -0.15) is 0 Å². The van der Waals surface area contributed by atoms with Gasteiger partial charge in [-0.05, 0) is 30.4 Å². The van der Waals surface area contributed by atoms with Crippen molar-refractivity contribution >= 4 is 23.3 Å². The van der Waals surface area contributed by atoms with Gasteiger partial charge in [0.25, 0.3) is 5.69 Å². The topological polar surface area (TPSA) is 112 Å². The Balaban J connectivity index is 1.75. The average Bonchev–Trinajstić information content (AvgIpc) is 3.08. The van der Waals surface area contributed by atoms with Gasteiger partial charge in [0, 0.05) is 29.7 Å². The number of amides is 1. The van der Waals surface area contributed by atoms with Crippen LogP contribution in [0.3, 0.4) is 0 Å². The molecule has 4 atom stereocenters. The molecule has 0 heterocycles. The molecule has 1 saturated carbocycles. The first-order chi connectivity index (χ1) is 10.5. The summed E-state index contributed by atoms with van der Waals surface area (Å²) >= 11 is 0. The van der Waals surface area contributed by atoms with E-state index in [4.69, 9.17) is 0 Å². The van der Waals surface area contributed by atoms with Crippen molar-refractivity contribution in [2.45, 2.75) is 6.42 Å². The van der Waals surface area contributed by atoms with Crippen LogP contribution < -0.4 is 10.4 Å². The van der Waals surface area contributed by atoms with E-state index in [1.54, 1.807) is 0 Å². The number of carbonyl (C=O) groups excluding carboxylic acids is 2. The number of hydrogen-bond acceptors (Lipinski definition) is 5. The maximum atomic E-state index is 12.4. The van der Waals surface area contributed by atoms with Crippen molar-refractivity contribution in [2.75, 3.05) is 5.32 Å². The van der Waals surface area contributed by atoms with Gasteiger partial charge < -0.3 is 15.2 Å².